The number of hydrogen-bond donors (Lipinski definition) is 3. The quantitative estimate of drug-likeness (QED) is 0.702. The predicted molar refractivity (Wildman–Crippen MR) is 101 cm³/mol. The molecule has 0 bridgehead atoms. The number of hydrogen-bond acceptors (Lipinski definition) is 3. The van der Waals surface area contributed by atoms with Crippen molar-refractivity contribution in [3.63, 3.8) is 0 Å². The van der Waals surface area contributed by atoms with Crippen molar-refractivity contribution in [1.29, 1.82) is 0 Å². The number of rotatable bonds is 7. The van der Waals surface area contributed by atoms with Gasteiger partial charge in [-0.3, -0.25) is 9.59 Å². The van der Waals surface area contributed by atoms with Crippen LogP contribution < -0.4 is 10.6 Å². The maximum atomic E-state index is 12.5. The van der Waals surface area contributed by atoms with Crippen molar-refractivity contribution in [3.05, 3.63) is 65.7 Å². The van der Waals surface area contributed by atoms with Gasteiger partial charge in [-0.2, -0.15) is 0 Å². The van der Waals surface area contributed by atoms with Gasteiger partial charge >= 0.3 is 5.97 Å². The summed E-state index contributed by atoms with van der Waals surface area (Å²) in [4.78, 5) is 36.1. The van der Waals surface area contributed by atoms with Crippen LogP contribution in [0, 0.1) is 11.8 Å². The van der Waals surface area contributed by atoms with Crippen LogP contribution in [0.5, 0.6) is 0 Å². The molecule has 1 aliphatic carbocycles. The van der Waals surface area contributed by atoms with Crippen LogP contribution in [0.25, 0.3) is 0 Å². The molecule has 3 rings (SSSR count). The van der Waals surface area contributed by atoms with E-state index in [-0.39, 0.29) is 18.2 Å². The molecule has 2 unspecified atom stereocenters. The molecule has 140 valence electrons. The highest BCUT2D eigenvalue weighted by molar-refractivity contribution is 5.99. The third kappa shape index (κ3) is 4.94. The van der Waals surface area contributed by atoms with E-state index < -0.39 is 17.9 Å². The van der Waals surface area contributed by atoms with E-state index in [4.69, 9.17) is 0 Å². The highest BCUT2D eigenvalue weighted by atomic mass is 16.4. The normalized spacial score (nSPS) is 19.0. The molecule has 0 saturated heterocycles. The van der Waals surface area contributed by atoms with Gasteiger partial charge in [0.1, 0.15) is 6.04 Å². The Labute approximate surface area is 157 Å². The Kier molecular flexibility index (Phi) is 5.54. The highest BCUT2D eigenvalue weighted by Gasteiger charge is 2.39. The summed E-state index contributed by atoms with van der Waals surface area (Å²) in [6.07, 6.45) is 1.07. The number of nitrogens with one attached hydrogen (secondary N) is 2. The molecule has 3 N–H and O–H groups in total. The average molecular weight is 366 g/mol. The summed E-state index contributed by atoms with van der Waals surface area (Å²) in [6.45, 7) is 2.02. The monoisotopic (exact) mass is 366 g/mol. The molecule has 1 fully saturated rings. The van der Waals surface area contributed by atoms with E-state index >= 15 is 0 Å². The molecule has 0 spiro atoms. The van der Waals surface area contributed by atoms with Crippen LogP contribution >= 0.6 is 0 Å². The lowest BCUT2D eigenvalue weighted by molar-refractivity contribution is -0.139. The minimum absolute atomic E-state index is 0.0322. The Morgan fingerprint density at radius 3 is 2.44 bits per heavy atom. The molecular formula is C21H22N2O4. The second-order valence-electron chi connectivity index (χ2n) is 6.94. The van der Waals surface area contributed by atoms with Gasteiger partial charge < -0.3 is 15.7 Å². The first kappa shape index (κ1) is 18.6. The summed E-state index contributed by atoms with van der Waals surface area (Å²) in [7, 11) is 0. The number of carboxylic acid groups (broad SMARTS) is 1. The Hall–Kier alpha value is -3.15. The summed E-state index contributed by atoms with van der Waals surface area (Å²) in [5.74, 6) is -1.21. The summed E-state index contributed by atoms with van der Waals surface area (Å²) < 4.78 is 0. The zero-order chi connectivity index (χ0) is 19.4. The fourth-order valence-corrected chi connectivity index (χ4v) is 2.95. The Morgan fingerprint density at radius 1 is 1.11 bits per heavy atom. The van der Waals surface area contributed by atoms with Gasteiger partial charge in [0.05, 0.1) is 0 Å². The van der Waals surface area contributed by atoms with Crippen LogP contribution in [0.2, 0.25) is 0 Å². The van der Waals surface area contributed by atoms with Gasteiger partial charge in [0, 0.05) is 23.6 Å². The lowest BCUT2D eigenvalue weighted by Crippen LogP contribution is -2.42. The average Bonchev–Trinajstić information content (AvgIpc) is 3.39. The maximum absolute atomic E-state index is 12.5. The topological polar surface area (TPSA) is 95.5 Å². The number of amides is 2. The van der Waals surface area contributed by atoms with Gasteiger partial charge in [-0.05, 0) is 36.1 Å². The van der Waals surface area contributed by atoms with Crippen LogP contribution in [0.1, 0.15) is 29.3 Å². The molecule has 1 aliphatic rings. The smallest absolute Gasteiger partial charge is 0.326 e. The van der Waals surface area contributed by atoms with Crippen molar-refractivity contribution in [2.45, 2.75) is 25.8 Å². The zero-order valence-electron chi connectivity index (χ0n) is 15.0. The Balaban J connectivity index is 1.66. The lowest BCUT2D eigenvalue weighted by atomic mass is 10.1. The van der Waals surface area contributed by atoms with Crippen molar-refractivity contribution >= 4 is 23.5 Å². The molecule has 6 nitrogen and oxygen atoms in total. The van der Waals surface area contributed by atoms with Crippen LogP contribution in [0.15, 0.2) is 54.6 Å². The standard InChI is InChI=1S/C21H22N2O4/c1-13-10-17(13)20(25)22-16-9-5-8-15(12-16)19(24)23-18(21(26)27)11-14-6-3-2-4-7-14/h2-9,12-13,17-18H,10-11H2,1H3,(H,22,25)(H,23,24)(H,26,27)/t13?,17?,18-/m1/s1. The number of aliphatic carboxylic acids is 1. The first-order chi connectivity index (χ1) is 12.9. The molecule has 3 atom stereocenters. The fourth-order valence-electron chi connectivity index (χ4n) is 2.95. The molecular weight excluding hydrogens is 344 g/mol. The summed E-state index contributed by atoms with van der Waals surface area (Å²) in [5.41, 5.74) is 1.66. The minimum Gasteiger partial charge on any atom is -0.480 e. The molecule has 0 heterocycles. The van der Waals surface area contributed by atoms with Crippen molar-refractivity contribution in [2.75, 3.05) is 5.32 Å². The minimum atomic E-state index is -1.10. The Bertz CT molecular complexity index is 850. The zero-order valence-corrected chi connectivity index (χ0v) is 15.0. The maximum Gasteiger partial charge on any atom is 0.326 e. The number of benzene rings is 2. The number of carboxylic acids is 1. The van der Waals surface area contributed by atoms with Crippen molar-refractivity contribution in [3.8, 4) is 0 Å². The van der Waals surface area contributed by atoms with Crippen LogP contribution in [-0.2, 0) is 16.0 Å². The second kappa shape index (κ2) is 8.03. The molecule has 0 aromatic heterocycles. The largest absolute Gasteiger partial charge is 0.480 e. The molecule has 1 saturated carbocycles. The van der Waals surface area contributed by atoms with E-state index in [9.17, 15) is 19.5 Å². The SMILES string of the molecule is CC1CC1C(=O)Nc1cccc(C(=O)N[C@H](Cc2ccccc2)C(=O)O)c1. The summed E-state index contributed by atoms with van der Waals surface area (Å²) >= 11 is 0. The van der Waals surface area contributed by atoms with Crippen LogP contribution in [0.4, 0.5) is 5.69 Å². The number of carbonyl (C=O) groups excluding carboxylic acids is 2. The van der Waals surface area contributed by atoms with Crippen LogP contribution in [0.3, 0.4) is 0 Å². The number of anilines is 1. The molecule has 2 amide bonds. The van der Waals surface area contributed by atoms with Gasteiger partial charge in [0.25, 0.3) is 5.91 Å². The van der Waals surface area contributed by atoms with Crippen LogP contribution in [-0.4, -0.2) is 28.9 Å². The second-order valence-corrected chi connectivity index (χ2v) is 6.94. The molecule has 6 heteroatoms. The van der Waals surface area contributed by atoms with Crippen molar-refractivity contribution in [2.24, 2.45) is 11.8 Å². The van der Waals surface area contributed by atoms with Gasteiger partial charge in [-0.25, -0.2) is 4.79 Å². The Morgan fingerprint density at radius 2 is 1.81 bits per heavy atom. The van der Waals surface area contributed by atoms with Crippen molar-refractivity contribution < 1.29 is 19.5 Å². The predicted octanol–water partition coefficient (Wildman–Crippen LogP) is 2.71. The van der Waals surface area contributed by atoms with E-state index in [0.29, 0.717) is 17.2 Å². The van der Waals surface area contributed by atoms with Crippen molar-refractivity contribution in [1.82, 2.24) is 5.32 Å². The molecule has 2 aromatic rings. The summed E-state index contributed by atoms with van der Waals surface area (Å²) in [6, 6.07) is 14.6. The number of carbonyl (C=O) groups is 3. The third-order valence-electron chi connectivity index (χ3n) is 4.72. The van der Waals surface area contributed by atoms with E-state index in [2.05, 4.69) is 10.6 Å². The van der Waals surface area contributed by atoms with E-state index in [1.54, 1.807) is 24.3 Å². The van der Waals surface area contributed by atoms with E-state index in [1.807, 2.05) is 37.3 Å². The van der Waals surface area contributed by atoms with E-state index in [0.717, 1.165) is 12.0 Å². The lowest BCUT2D eigenvalue weighted by Gasteiger charge is -2.15. The first-order valence-corrected chi connectivity index (χ1v) is 8.92. The van der Waals surface area contributed by atoms with Gasteiger partial charge in [0.15, 0.2) is 0 Å². The molecule has 0 aliphatic heterocycles. The van der Waals surface area contributed by atoms with Gasteiger partial charge in [-0.1, -0.05) is 43.3 Å². The van der Waals surface area contributed by atoms with Gasteiger partial charge in [-0.15, -0.1) is 0 Å². The van der Waals surface area contributed by atoms with Gasteiger partial charge in [0.2, 0.25) is 5.91 Å². The molecule has 0 radical (unpaired) electrons. The third-order valence-corrected chi connectivity index (χ3v) is 4.72. The van der Waals surface area contributed by atoms with E-state index in [1.165, 1.54) is 0 Å². The first-order valence-electron chi connectivity index (χ1n) is 8.92. The summed E-state index contributed by atoms with van der Waals surface area (Å²) in [5, 5.41) is 14.8. The highest BCUT2D eigenvalue weighted by Crippen LogP contribution is 2.38. The molecule has 2 aromatic carbocycles. The fraction of sp³-hybridized carbons (Fsp3) is 0.286. The molecule has 27 heavy (non-hydrogen) atoms.